The van der Waals surface area contributed by atoms with E-state index in [9.17, 15) is 0 Å². The standard InChI is InChI=1S/C50H32N2O/c1-3-13-33(14-4-1)40-29-41(43-22-12-24-48-49(43)44-21-9-10-23-47(44)53-48)31-42(30-40)46-32-45(35-16-5-2-6-17-35)51-50(52-46)39-20-11-19-37(28-39)38-26-25-34-15-7-8-18-36(34)27-38/h1-32H. The second-order valence-corrected chi connectivity index (χ2v) is 13.4. The Bertz CT molecular complexity index is 2950. The quantitative estimate of drug-likeness (QED) is 0.176. The van der Waals surface area contributed by atoms with Crippen LogP contribution in [0.15, 0.2) is 199 Å². The maximum absolute atomic E-state index is 6.32. The molecule has 0 unspecified atom stereocenters. The molecule has 0 aliphatic carbocycles. The third-order valence-electron chi connectivity index (χ3n) is 10.0. The van der Waals surface area contributed by atoms with Crippen LogP contribution in [0.5, 0.6) is 0 Å². The molecular formula is C50H32N2O. The van der Waals surface area contributed by atoms with Gasteiger partial charge in [-0.15, -0.1) is 0 Å². The average Bonchev–Trinajstić information content (AvgIpc) is 3.63. The molecule has 0 saturated heterocycles. The Hall–Kier alpha value is -7.10. The number of benzene rings is 8. The molecule has 10 rings (SSSR count). The summed E-state index contributed by atoms with van der Waals surface area (Å²) in [6.45, 7) is 0. The van der Waals surface area contributed by atoms with Crippen molar-refractivity contribution in [1.82, 2.24) is 9.97 Å². The van der Waals surface area contributed by atoms with Crippen molar-refractivity contribution in [2.24, 2.45) is 0 Å². The third kappa shape index (κ3) is 5.75. The Kier molecular flexibility index (Phi) is 7.47. The van der Waals surface area contributed by atoms with Gasteiger partial charge in [-0.25, -0.2) is 9.97 Å². The molecule has 0 radical (unpaired) electrons. The summed E-state index contributed by atoms with van der Waals surface area (Å²) >= 11 is 0. The summed E-state index contributed by atoms with van der Waals surface area (Å²) in [5.74, 6) is 0.679. The summed E-state index contributed by atoms with van der Waals surface area (Å²) in [5.41, 5.74) is 13.2. The summed E-state index contributed by atoms with van der Waals surface area (Å²) in [7, 11) is 0. The minimum atomic E-state index is 0.679. The highest BCUT2D eigenvalue weighted by Crippen LogP contribution is 2.40. The third-order valence-corrected chi connectivity index (χ3v) is 10.0. The van der Waals surface area contributed by atoms with Crippen LogP contribution in [0.2, 0.25) is 0 Å². The van der Waals surface area contributed by atoms with Crippen molar-refractivity contribution in [3.8, 4) is 67.3 Å². The lowest BCUT2D eigenvalue weighted by Crippen LogP contribution is -1.97. The zero-order valence-electron chi connectivity index (χ0n) is 28.8. The number of fused-ring (bicyclic) bond motifs is 4. The predicted molar refractivity (Wildman–Crippen MR) is 219 cm³/mol. The van der Waals surface area contributed by atoms with E-state index in [0.717, 1.165) is 83.4 Å². The fourth-order valence-corrected chi connectivity index (χ4v) is 7.43. The molecule has 0 spiro atoms. The first kappa shape index (κ1) is 30.7. The Morgan fingerprint density at radius 3 is 1.75 bits per heavy atom. The highest BCUT2D eigenvalue weighted by molar-refractivity contribution is 6.12. The number of hydrogen-bond donors (Lipinski definition) is 0. The van der Waals surface area contributed by atoms with Crippen LogP contribution in [0.4, 0.5) is 0 Å². The van der Waals surface area contributed by atoms with E-state index in [1.165, 1.54) is 10.8 Å². The van der Waals surface area contributed by atoms with E-state index >= 15 is 0 Å². The van der Waals surface area contributed by atoms with Gasteiger partial charge in [0.1, 0.15) is 11.2 Å². The molecule has 0 aliphatic rings. The van der Waals surface area contributed by atoms with Crippen molar-refractivity contribution in [3.63, 3.8) is 0 Å². The topological polar surface area (TPSA) is 38.9 Å². The van der Waals surface area contributed by atoms with E-state index in [4.69, 9.17) is 14.4 Å². The number of furan rings is 1. The van der Waals surface area contributed by atoms with Gasteiger partial charge in [-0.2, -0.15) is 0 Å². The molecule has 53 heavy (non-hydrogen) atoms. The maximum Gasteiger partial charge on any atom is 0.160 e. The maximum atomic E-state index is 6.32. The van der Waals surface area contributed by atoms with E-state index in [-0.39, 0.29) is 0 Å². The van der Waals surface area contributed by atoms with Gasteiger partial charge in [0.2, 0.25) is 0 Å². The monoisotopic (exact) mass is 676 g/mol. The van der Waals surface area contributed by atoms with E-state index in [0.29, 0.717) is 5.82 Å². The average molecular weight is 677 g/mol. The second kappa shape index (κ2) is 12.9. The molecule has 0 saturated carbocycles. The lowest BCUT2D eigenvalue weighted by Gasteiger charge is -2.14. The van der Waals surface area contributed by atoms with Crippen molar-refractivity contribution >= 4 is 32.7 Å². The molecule has 248 valence electrons. The first-order valence-corrected chi connectivity index (χ1v) is 17.9. The normalized spacial score (nSPS) is 11.4. The first-order chi connectivity index (χ1) is 26.2. The molecule has 3 heteroatoms. The van der Waals surface area contributed by atoms with Crippen molar-refractivity contribution < 1.29 is 4.42 Å². The lowest BCUT2D eigenvalue weighted by atomic mass is 9.92. The van der Waals surface area contributed by atoms with Gasteiger partial charge in [0.05, 0.1) is 11.4 Å². The highest BCUT2D eigenvalue weighted by Gasteiger charge is 2.17. The van der Waals surface area contributed by atoms with Gasteiger partial charge in [-0.3, -0.25) is 0 Å². The van der Waals surface area contributed by atoms with Crippen LogP contribution in [-0.2, 0) is 0 Å². The molecule has 2 heterocycles. The molecule has 0 aliphatic heterocycles. The molecule has 8 aromatic carbocycles. The van der Waals surface area contributed by atoms with E-state index in [1.54, 1.807) is 0 Å². The Labute approximate surface area is 307 Å². The van der Waals surface area contributed by atoms with Gasteiger partial charge < -0.3 is 4.42 Å². The Balaban J connectivity index is 1.18. The SMILES string of the molecule is c1ccc(-c2cc(-c3cc(-c4ccccc4)nc(-c4cccc(-c5ccc6ccccc6c5)c4)n3)cc(-c3cccc4oc5ccccc5c34)c2)cc1. The minimum absolute atomic E-state index is 0.679. The highest BCUT2D eigenvalue weighted by atomic mass is 16.3. The number of rotatable bonds is 6. The number of aromatic nitrogens is 2. The molecule has 10 aromatic rings. The smallest absolute Gasteiger partial charge is 0.160 e. The molecule has 0 N–H and O–H groups in total. The zero-order chi connectivity index (χ0) is 35.1. The second-order valence-electron chi connectivity index (χ2n) is 13.4. The summed E-state index contributed by atoms with van der Waals surface area (Å²) in [6, 6.07) is 68.1. The van der Waals surface area contributed by atoms with Crippen LogP contribution in [0.3, 0.4) is 0 Å². The summed E-state index contributed by atoms with van der Waals surface area (Å²) < 4.78 is 6.32. The van der Waals surface area contributed by atoms with Gasteiger partial charge in [0, 0.05) is 27.5 Å². The zero-order valence-corrected chi connectivity index (χ0v) is 28.8. The van der Waals surface area contributed by atoms with Gasteiger partial charge in [-0.1, -0.05) is 146 Å². The van der Waals surface area contributed by atoms with Crippen molar-refractivity contribution in [3.05, 3.63) is 194 Å². The largest absolute Gasteiger partial charge is 0.456 e. The Morgan fingerprint density at radius 2 is 0.906 bits per heavy atom. The summed E-state index contributed by atoms with van der Waals surface area (Å²) in [5, 5.41) is 4.66. The van der Waals surface area contributed by atoms with Crippen LogP contribution >= 0.6 is 0 Å². The van der Waals surface area contributed by atoms with Gasteiger partial charge >= 0.3 is 0 Å². The molecule has 0 atom stereocenters. The van der Waals surface area contributed by atoms with Crippen molar-refractivity contribution in [2.45, 2.75) is 0 Å². The lowest BCUT2D eigenvalue weighted by molar-refractivity contribution is 0.669. The summed E-state index contributed by atoms with van der Waals surface area (Å²) in [6.07, 6.45) is 0. The molecule has 0 bridgehead atoms. The van der Waals surface area contributed by atoms with Crippen LogP contribution in [0, 0.1) is 0 Å². The van der Waals surface area contributed by atoms with Crippen LogP contribution in [-0.4, -0.2) is 9.97 Å². The van der Waals surface area contributed by atoms with Gasteiger partial charge in [0.15, 0.2) is 5.82 Å². The molecule has 0 fully saturated rings. The fraction of sp³-hybridized carbons (Fsp3) is 0. The van der Waals surface area contributed by atoms with Crippen molar-refractivity contribution in [1.29, 1.82) is 0 Å². The fourth-order valence-electron chi connectivity index (χ4n) is 7.43. The molecule has 0 amide bonds. The Morgan fingerprint density at radius 1 is 0.321 bits per heavy atom. The molecule has 2 aromatic heterocycles. The number of nitrogens with zero attached hydrogens (tertiary/aromatic N) is 2. The summed E-state index contributed by atoms with van der Waals surface area (Å²) in [4.78, 5) is 10.5. The molecular weight excluding hydrogens is 645 g/mol. The first-order valence-electron chi connectivity index (χ1n) is 17.9. The van der Waals surface area contributed by atoms with Gasteiger partial charge in [0.25, 0.3) is 0 Å². The molecule has 3 nitrogen and oxygen atoms in total. The van der Waals surface area contributed by atoms with Crippen LogP contribution in [0.1, 0.15) is 0 Å². The van der Waals surface area contributed by atoms with Crippen LogP contribution < -0.4 is 0 Å². The van der Waals surface area contributed by atoms with E-state index in [1.807, 2.05) is 18.2 Å². The van der Waals surface area contributed by atoms with Crippen LogP contribution in [0.25, 0.3) is 100.0 Å². The number of hydrogen-bond acceptors (Lipinski definition) is 3. The van der Waals surface area contributed by atoms with E-state index < -0.39 is 0 Å². The van der Waals surface area contributed by atoms with E-state index in [2.05, 4.69) is 176 Å². The number of para-hydroxylation sites is 1. The predicted octanol–water partition coefficient (Wildman–Crippen LogP) is 13.5. The van der Waals surface area contributed by atoms with Gasteiger partial charge in [-0.05, 0) is 92.7 Å². The minimum Gasteiger partial charge on any atom is -0.456 e. The van der Waals surface area contributed by atoms with Crippen molar-refractivity contribution in [2.75, 3.05) is 0 Å².